The first-order valence-electron chi connectivity index (χ1n) is 5.19. The number of rotatable bonds is 2. The van der Waals surface area contributed by atoms with Crippen molar-refractivity contribution in [3.05, 3.63) is 60.8 Å². The highest BCUT2D eigenvalue weighted by Gasteiger charge is 2.13. The first kappa shape index (κ1) is 14.7. The first-order valence-corrected chi connectivity index (χ1v) is 7.44. The van der Waals surface area contributed by atoms with Gasteiger partial charge in [0.1, 0.15) is 5.82 Å². The Morgan fingerprint density at radius 1 is 1.32 bits per heavy atom. The largest absolute Gasteiger partial charge is 0.319 e. The number of hydrogen-bond donors (Lipinski definition) is 1. The van der Waals surface area contributed by atoms with Crippen LogP contribution in [0.5, 0.6) is 0 Å². The molecule has 6 heteroatoms. The van der Waals surface area contributed by atoms with Crippen LogP contribution in [0.15, 0.2) is 40.9 Å². The summed E-state index contributed by atoms with van der Waals surface area (Å²) in [5.41, 5.74) is 0.489. The van der Waals surface area contributed by atoms with E-state index in [4.69, 9.17) is 11.6 Å². The highest BCUT2D eigenvalue weighted by molar-refractivity contribution is 14.1. The molecule has 2 aromatic carbocycles. The number of hydrogen-bond acceptors (Lipinski definition) is 1. The Bertz CT molecular complexity index is 630. The zero-order valence-electron chi connectivity index (χ0n) is 9.38. The molecule has 2 rings (SSSR count). The van der Waals surface area contributed by atoms with Gasteiger partial charge in [-0.05, 0) is 68.9 Å². The van der Waals surface area contributed by atoms with Gasteiger partial charge in [0.05, 0.1) is 10.7 Å². The van der Waals surface area contributed by atoms with Gasteiger partial charge in [-0.2, -0.15) is 0 Å². The highest BCUT2D eigenvalue weighted by atomic mass is 127. The Labute approximate surface area is 136 Å². The molecule has 0 aliphatic heterocycles. The molecule has 0 heterocycles. The van der Waals surface area contributed by atoms with Crippen molar-refractivity contribution in [3.63, 3.8) is 0 Å². The van der Waals surface area contributed by atoms with Crippen molar-refractivity contribution < 1.29 is 9.18 Å². The van der Waals surface area contributed by atoms with Crippen molar-refractivity contribution in [3.8, 4) is 0 Å². The average molecular weight is 454 g/mol. The fraction of sp³-hybridized carbons (Fsp3) is 0. The maximum absolute atomic E-state index is 13.6. The van der Waals surface area contributed by atoms with Gasteiger partial charge in [-0.25, -0.2) is 4.39 Å². The SMILES string of the molecule is O=C(Nc1c(F)cccc1Br)c1ccc(I)c(Cl)c1. The van der Waals surface area contributed by atoms with E-state index in [-0.39, 0.29) is 5.69 Å². The van der Waals surface area contributed by atoms with Gasteiger partial charge in [-0.3, -0.25) is 4.79 Å². The third kappa shape index (κ3) is 3.46. The summed E-state index contributed by atoms with van der Waals surface area (Å²) >= 11 is 11.2. The van der Waals surface area contributed by atoms with Crippen molar-refractivity contribution in [2.45, 2.75) is 0 Å². The number of carbonyl (C=O) groups excluding carboxylic acids is 1. The number of amides is 1. The summed E-state index contributed by atoms with van der Waals surface area (Å²) in [6, 6.07) is 9.40. The monoisotopic (exact) mass is 453 g/mol. The van der Waals surface area contributed by atoms with E-state index in [1.54, 1.807) is 30.3 Å². The van der Waals surface area contributed by atoms with Crippen LogP contribution in [-0.4, -0.2) is 5.91 Å². The topological polar surface area (TPSA) is 29.1 Å². The summed E-state index contributed by atoms with van der Waals surface area (Å²) in [6.45, 7) is 0. The second kappa shape index (κ2) is 6.19. The van der Waals surface area contributed by atoms with Gasteiger partial charge in [0.25, 0.3) is 5.91 Å². The molecule has 0 aromatic heterocycles. The number of carbonyl (C=O) groups is 1. The van der Waals surface area contributed by atoms with Crippen LogP contribution < -0.4 is 5.32 Å². The van der Waals surface area contributed by atoms with Crippen LogP contribution in [0.3, 0.4) is 0 Å². The van der Waals surface area contributed by atoms with E-state index in [9.17, 15) is 9.18 Å². The number of nitrogens with one attached hydrogen (secondary N) is 1. The molecule has 0 fully saturated rings. The summed E-state index contributed by atoms with van der Waals surface area (Å²) in [4.78, 5) is 12.0. The lowest BCUT2D eigenvalue weighted by molar-refractivity contribution is 0.102. The fourth-order valence-electron chi connectivity index (χ4n) is 1.44. The van der Waals surface area contributed by atoms with Crippen LogP contribution in [0.1, 0.15) is 10.4 Å². The summed E-state index contributed by atoms with van der Waals surface area (Å²) in [5.74, 6) is -0.913. The lowest BCUT2D eigenvalue weighted by atomic mass is 10.2. The highest BCUT2D eigenvalue weighted by Crippen LogP contribution is 2.26. The van der Waals surface area contributed by atoms with Crippen LogP contribution in [0.2, 0.25) is 5.02 Å². The van der Waals surface area contributed by atoms with Crippen molar-refractivity contribution in [2.75, 3.05) is 5.32 Å². The molecule has 98 valence electrons. The quantitative estimate of drug-likeness (QED) is 0.629. The Morgan fingerprint density at radius 2 is 2.05 bits per heavy atom. The van der Waals surface area contributed by atoms with Crippen LogP contribution in [0, 0.1) is 9.39 Å². The number of benzene rings is 2. The summed E-state index contributed by atoms with van der Waals surface area (Å²) < 4.78 is 14.9. The Balaban J connectivity index is 2.28. The van der Waals surface area contributed by atoms with Crippen molar-refractivity contribution in [1.82, 2.24) is 0 Å². The van der Waals surface area contributed by atoms with E-state index in [1.807, 2.05) is 0 Å². The Morgan fingerprint density at radius 3 is 2.68 bits per heavy atom. The first-order chi connectivity index (χ1) is 8.99. The van der Waals surface area contributed by atoms with Gasteiger partial charge in [-0.1, -0.05) is 17.7 Å². The van der Waals surface area contributed by atoms with Crippen LogP contribution in [0.4, 0.5) is 10.1 Å². The molecule has 0 atom stereocenters. The molecule has 0 bridgehead atoms. The summed E-state index contributed by atoms with van der Waals surface area (Å²) in [5, 5.41) is 3.01. The molecule has 0 aliphatic rings. The van der Waals surface area contributed by atoms with E-state index >= 15 is 0 Å². The van der Waals surface area contributed by atoms with Gasteiger partial charge in [0, 0.05) is 13.6 Å². The molecule has 2 nitrogen and oxygen atoms in total. The van der Waals surface area contributed by atoms with Crippen molar-refractivity contribution in [1.29, 1.82) is 0 Å². The molecule has 1 amide bonds. The normalized spacial score (nSPS) is 10.3. The van der Waals surface area contributed by atoms with E-state index < -0.39 is 11.7 Å². The van der Waals surface area contributed by atoms with Gasteiger partial charge in [0.2, 0.25) is 0 Å². The predicted molar refractivity (Wildman–Crippen MR) is 86.2 cm³/mol. The predicted octanol–water partition coefficient (Wildman–Crippen LogP) is 5.10. The number of para-hydroxylation sites is 1. The maximum Gasteiger partial charge on any atom is 0.255 e. The zero-order chi connectivity index (χ0) is 14.0. The summed E-state index contributed by atoms with van der Waals surface area (Å²) in [6.07, 6.45) is 0. The van der Waals surface area contributed by atoms with Crippen LogP contribution in [-0.2, 0) is 0 Å². The van der Waals surface area contributed by atoms with Gasteiger partial charge < -0.3 is 5.32 Å². The molecule has 2 aromatic rings. The van der Waals surface area contributed by atoms with E-state index in [1.165, 1.54) is 6.07 Å². The second-order valence-corrected chi connectivity index (χ2v) is 6.10. The average Bonchev–Trinajstić information content (AvgIpc) is 2.37. The molecule has 0 radical (unpaired) electrons. The van der Waals surface area contributed by atoms with E-state index in [2.05, 4.69) is 43.8 Å². The number of halogens is 4. The zero-order valence-corrected chi connectivity index (χ0v) is 13.9. The number of anilines is 1. The van der Waals surface area contributed by atoms with Crippen LogP contribution in [0.25, 0.3) is 0 Å². The van der Waals surface area contributed by atoms with Gasteiger partial charge in [-0.15, -0.1) is 0 Å². The lowest BCUT2D eigenvalue weighted by Gasteiger charge is -2.09. The maximum atomic E-state index is 13.6. The van der Waals surface area contributed by atoms with E-state index in [0.29, 0.717) is 15.1 Å². The molecular formula is C13H7BrClFINO. The molecule has 0 spiro atoms. The molecule has 1 N–H and O–H groups in total. The minimum Gasteiger partial charge on any atom is -0.319 e. The molecule has 0 unspecified atom stereocenters. The third-order valence-corrected chi connectivity index (χ3v) is 4.62. The third-order valence-electron chi connectivity index (χ3n) is 2.38. The lowest BCUT2D eigenvalue weighted by Crippen LogP contribution is -2.13. The van der Waals surface area contributed by atoms with Crippen molar-refractivity contribution >= 4 is 61.7 Å². The smallest absolute Gasteiger partial charge is 0.255 e. The molecule has 0 saturated carbocycles. The molecule has 0 aliphatic carbocycles. The Hall–Kier alpha value is -0.660. The molecule has 19 heavy (non-hydrogen) atoms. The minimum atomic E-state index is -0.501. The molecular weight excluding hydrogens is 447 g/mol. The standard InChI is InChI=1S/C13H7BrClFINO/c14-8-2-1-3-10(16)12(8)18-13(19)7-4-5-11(17)9(15)6-7/h1-6H,(H,18,19). The Kier molecular flexibility index (Phi) is 4.81. The van der Waals surface area contributed by atoms with Crippen LogP contribution >= 0.6 is 50.1 Å². The van der Waals surface area contributed by atoms with Gasteiger partial charge in [0.15, 0.2) is 0 Å². The summed E-state index contributed by atoms with van der Waals surface area (Å²) in [7, 11) is 0. The minimum absolute atomic E-state index is 0.113. The second-order valence-electron chi connectivity index (χ2n) is 3.68. The van der Waals surface area contributed by atoms with E-state index in [0.717, 1.165) is 3.57 Å². The van der Waals surface area contributed by atoms with Gasteiger partial charge >= 0.3 is 0 Å². The van der Waals surface area contributed by atoms with Crippen molar-refractivity contribution in [2.24, 2.45) is 0 Å². The molecule has 0 saturated heterocycles. The fourth-order valence-corrected chi connectivity index (χ4v) is 2.40.